The lowest BCUT2D eigenvalue weighted by molar-refractivity contribution is -0.138. The Morgan fingerprint density at radius 3 is 2.26 bits per heavy atom. The Morgan fingerprint density at radius 2 is 1.56 bits per heavy atom. The number of nitrogens with zero attached hydrogens (tertiary/aromatic N) is 4. The number of rotatable bonds is 2. The molecule has 1 saturated heterocycles. The van der Waals surface area contributed by atoms with E-state index in [1.807, 2.05) is 41.8 Å². The molecule has 142 valence electrons. The van der Waals surface area contributed by atoms with E-state index in [1.165, 1.54) is 6.42 Å². The zero-order chi connectivity index (χ0) is 19.0. The summed E-state index contributed by atoms with van der Waals surface area (Å²) < 4.78 is 0. The van der Waals surface area contributed by atoms with Crippen molar-refractivity contribution in [3.8, 4) is 0 Å². The molecule has 2 heterocycles. The minimum absolute atomic E-state index is 0.00914. The number of carbonyl (C=O) groups excluding carboxylic acids is 2. The van der Waals surface area contributed by atoms with Gasteiger partial charge in [-0.2, -0.15) is 0 Å². The van der Waals surface area contributed by atoms with Gasteiger partial charge in [-0.05, 0) is 51.3 Å². The van der Waals surface area contributed by atoms with Crippen LogP contribution in [0.25, 0.3) is 11.0 Å². The maximum Gasteiger partial charge on any atom is 0.253 e. The van der Waals surface area contributed by atoms with Crippen LogP contribution in [0.4, 0.5) is 0 Å². The van der Waals surface area contributed by atoms with E-state index < -0.39 is 0 Å². The third-order valence-electron chi connectivity index (χ3n) is 5.87. The summed E-state index contributed by atoms with van der Waals surface area (Å²) >= 11 is 0. The third kappa shape index (κ3) is 3.53. The summed E-state index contributed by atoms with van der Waals surface area (Å²) in [7, 11) is 0. The molecule has 0 radical (unpaired) electrons. The zero-order valence-electron chi connectivity index (χ0n) is 16.1. The van der Waals surface area contributed by atoms with Gasteiger partial charge < -0.3 is 9.80 Å². The van der Waals surface area contributed by atoms with Crippen molar-refractivity contribution in [1.82, 2.24) is 19.8 Å². The average Bonchev–Trinajstić information content (AvgIpc) is 2.86. The van der Waals surface area contributed by atoms with E-state index in [0.29, 0.717) is 25.2 Å². The topological polar surface area (TPSA) is 66.4 Å². The highest BCUT2D eigenvalue weighted by molar-refractivity contribution is 5.97. The van der Waals surface area contributed by atoms with Crippen LogP contribution < -0.4 is 0 Å². The molecule has 0 N–H and O–H groups in total. The smallest absolute Gasteiger partial charge is 0.253 e. The molecular weight excluding hydrogens is 340 g/mol. The van der Waals surface area contributed by atoms with Crippen LogP contribution in [0, 0.1) is 19.8 Å². The van der Waals surface area contributed by atoms with Crippen LogP contribution >= 0.6 is 0 Å². The fraction of sp³-hybridized carbons (Fsp3) is 0.524. The summed E-state index contributed by atoms with van der Waals surface area (Å²) in [6.45, 7) is 6.53. The maximum absolute atomic E-state index is 13.0. The molecule has 1 saturated carbocycles. The Kier molecular flexibility index (Phi) is 4.81. The largest absolute Gasteiger partial charge is 0.341 e. The van der Waals surface area contributed by atoms with Gasteiger partial charge in [0, 0.05) is 37.7 Å². The monoisotopic (exact) mass is 366 g/mol. The van der Waals surface area contributed by atoms with Gasteiger partial charge in [-0.3, -0.25) is 9.59 Å². The zero-order valence-corrected chi connectivity index (χ0v) is 16.1. The minimum Gasteiger partial charge on any atom is -0.341 e. The molecular formula is C21H26N4O2. The molecule has 0 spiro atoms. The van der Waals surface area contributed by atoms with Crippen LogP contribution in [0.3, 0.4) is 0 Å². The van der Waals surface area contributed by atoms with Crippen LogP contribution in [-0.2, 0) is 4.79 Å². The van der Waals surface area contributed by atoms with Gasteiger partial charge in [0.05, 0.1) is 22.4 Å². The number of amides is 2. The molecule has 4 rings (SSSR count). The quantitative estimate of drug-likeness (QED) is 0.820. The van der Waals surface area contributed by atoms with Crippen LogP contribution in [0.5, 0.6) is 0 Å². The van der Waals surface area contributed by atoms with E-state index in [9.17, 15) is 9.59 Å². The van der Waals surface area contributed by atoms with Crippen molar-refractivity contribution >= 4 is 22.8 Å². The predicted molar refractivity (Wildman–Crippen MR) is 103 cm³/mol. The predicted octanol–water partition coefficient (Wildman–Crippen LogP) is 2.72. The van der Waals surface area contributed by atoms with Gasteiger partial charge >= 0.3 is 0 Å². The standard InChI is InChI=1S/C21H26N4O2/c1-14-15(2)23-19-13-17(7-8-18(19)22-14)21(27)25-10-4-9-24(11-12-25)20(26)16-5-3-6-16/h7-8,13,16H,3-6,9-12H2,1-2H3. The van der Waals surface area contributed by atoms with Gasteiger partial charge in [0.15, 0.2) is 0 Å². The molecule has 2 aliphatic rings. The Labute approximate surface area is 159 Å². The first-order valence-electron chi connectivity index (χ1n) is 9.86. The number of hydrogen-bond acceptors (Lipinski definition) is 4. The second-order valence-electron chi connectivity index (χ2n) is 7.70. The Bertz CT molecular complexity index is 891. The molecule has 27 heavy (non-hydrogen) atoms. The SMILES string of the molecule is Cc1nc2ccc(C(=O)N3CCCN(C(=O)C4CCC4)CC3)cc2nc1C. The van der Waals surface area contributed by atoms with Gasteiger partial charge in [-0.25, -0.2) is 9.97 Å². The van der Waals surface area contributed by atoms with Gasteiger partial charge in [0.2, 0.25) is 5.91 Å². The molecule has 2 amide bonds. The number of fused-ring (bicyclic) bond motifs is 1. The fourth-order valence-electron chi connectivity index (χ4n) is 3.80. The van der Waals surface area contributed by atoms with Crippen LogP contribution in [0.15, 0.2) is 18.2 Å². The lowest BCUT2D eigenvalue weighted by atomic mass is 9.84. The van der Waals surface area contributed by atoms with Crippen molar-refractivity contribution in [3.63, 3.8) is 0 Å². The molecule has 2 fully saturated rings. The van der Waals surface area contributed by atoms with E-state index in [4.69, 9.17) is 0 Å². The molecule has 6 heteroatoms. The summed E-state index contributed by atoms with van der Waals surface area (Å²) in [5, 5.41) is 0. The Hall–Kier alpha value is -2.50. The summed E-state index contributed by atoms with van der Waals surface area (Å²) in [4.78, 5) is 38.4. The van der Waals surface area contributed by atoms with Crippen LogP contribution in [-0.4, -0.2) is 57.8 Å². The van der Waals surface area contributed by atoms with E-state index >= 15 is 0 Å². The first kappa shape index (κ1) is 17.9. The highest BCUT2D eigenvalue weighted by Crippen LogP contribution is 2.28. The molecule has 1 aromatic heterocycles. The molecule has 0 unspecified atom stereocenters. The van der Waals surface area contributed by atoms with Crippen LogP contribution in [0.1, 0.15) is 47.4 Å². The second-order valence-corrected chi connectivity index (χ2v) is 7.70. The molecule has 0 atom stereocenters. The first-order valence-corrected chi connectivity index (χ1v) is 9.86. The van der Waals surface area contributed by atoms with Crippen molar-refractivity contribution in [2.75, 3.05) is 26.2 Å². The molecule has 2 aromatic rings. The van der Waals surface area contributed by atoms with Gasteiger partial charge in [-0.15, -0.1) is 0 Å². The highest BCUT2D eigenvalue weighted by atomic mass is 16.2. The van der Waals surface area contributed by atoms with Crippen molar-refractivity contribution in [1.29, 1.82) is 0 Å². The van der Waals surface area contributed by atoms with Crippen molar-refractivity contribution in [3.05, 3.63) is 35.2 Å². The summed E-state index contributed by atoms with van der Waals surface area (Å²) in [5.74, 6) is 0.509. The van der Waals surface area contributed by atoms with E-state index in [0.717, 1.165) is 48.2 Å². The van der Waals surface area contributed by atoms with Gasteiger partial charge in [0.1, 0.15) is 0 Å². The minimum atomic E-state index is 0.00914. The maximum atomic E-state index is 13.0. The normalized spacial score (nSPS) is 18.3. The summed E-state index contributed by atoms with van der Waals surface area (Å²) in [6, 6.07) is 5.53. The highest BCUT2D eigenvalue weighted by Gasteiger charge is 2.31. The van der Waals surface area contributed by atoms with Crippen molar-refractivity contribution < 1.29 is 9.59 Å². The fourth-order valence-corrected chi connectivity index (χ4v) is 3.80. The third-order valence-corrected chi connectivity index (χ3v) is 5.87. The number of carbonyl (C=O) groups is 2. The molecule has 6 nitrogen and oxygen atoms in total. The summed E-state index contributed by atoms with van der Waals surface area (Å²) in [6.07, 6.45) is 4.04. The molecule has 1 aliphatic carbocycles. The molecule has 1 aliphatic heterocycles. The Morgan fingerprint density at radius 1 is 0.889 bits per heavy atom. The number of benzene rings is 1. The average molecular weight is 366 g/mol. The number of aryl methyl sites for hydroxylation is 2. The second kappa shape index (κ2) is 7.25. The molecule has 1 aromatic carbocycles. The Balaban J connectivity index is 1.48. The van der Waals surface area contributed by atoms with E-state index in [2.05, 4.69) is 9.97 Å². The van der Waals surface area contributed by atoms with Gasteiger partial charge in [-0.1, -0.05) is 6.42 Å². The molecule has 0 bridgehead atoms. The summed E-state index contributed by atoms with van der Waals surface area (Å²) in [5.41, 5.74) is 3.99. The number of hydrogen-bond donors (Lipinski definition) is 0. The lowest BCUT2D eigenvalue weighted by Crippen LogP contribution is -2.41. The lowest BCUT2D eigenvalue weighted by Gasteiger charge is -2.31. The van der Waals surface area contributed by atoms with Crippen LogP contribution in [0.2, 0.25) is 0 Å². The van der Waals surface area contributed by atoms with Crippen molar-refractivity contribution in [2.45, 2.75) is 39.5 Å². The first-order chi connectivity index (χ1) is 13.0. The van der Waals surface area contributed by atoms with E-state index in [1.54, 1.807) is 0 Å². The van der Waals surface area contributed by atoms with Crippen molar-refractivity contribution in [2.24, 2.45) is 5.92 Å². The van der Waals surface area contributed by atoms with Gasteiger partial charge in [0.25, 0.3) is 5.91 Å². The van der Waals surface area contributed by atoms with E-state index in [-0.39, 0.29) is 17.7 Å². The number of aromatic nitrogens is 2.